The van der Waals surface area contributed by atoms with Crippen LogP contribution in [0.1, 0.15) is 24.8 Å². The summed E-state index contributed by atoms with van der Waals surface area (Å²) in [6, 6.07) is 10.2. The molecule has 1 saturated heterocycles. The molecule has 1 amide bonds. The van der Waals surface area contributed by atoms with Gasteiger partial charge in [-0.25, -0.2) is 4.99 Å². The summed E-state index contributed by atoms with van der Waals surface area (Å²) in [5.41, 5.74) is 1.55. The Morgan fingerprint density at radius 2 is 2.00 bits per heavy atom. The molecule has 0 radical (unpaired) electrons. The lowest BCUT2D eigenvalue weighted by atomic mass is 9.88. The molecule has 3 aliphatic heterocycles. The molecule has 3 aliphatic rings. The summed E-state index contributed by atoms with van der Waals surface area (Å²) in [6.07, 6.45) is 2.40. The second-order valence-corrected chi connectivity index (χ2v) is 7.45. The maximum absolute atomic E-state index is 12.4. The maximum atomic E-state index is 12.4. The highest BCUT2D eigenvalue weighted by molar-refractivity contribution is 6.07. The van der Waals surface area contributed by atoms with Gasteiger partial charge in [0.1, 0.15) is 11.6 Å². The number of carbonyl (C=O) groups is 1. The summed E-state index contributed by atoms with van der Waals surface area (Å²) in [7, 11) is 3.80. The Labute approximate surface area is 153 Å². The molecule has 1 N–H and O–H groups in total. The molecule has 0 saturated carbocycles. The fraction of sp³-hybridized carbons (Fsp3) is 0.526. The number of likely N-dealkylation sites (tertiary alicyclic amines) is 1. The van der Waals surface area contributed by atoms with Crippen LogP contribution in [-0.2, 0) is 9.63 Å². The smallest absolute Gasteiger partial charge is 0.254 e. The SMILES string of the molecule is CN(C)C1=NC2(CCN(C[C@H]3CC(c4ccccc4)=NO3)CC2)C(=O)N1. The average Bonchev–Trinajstić information content (AvgIpc) is 3.24. The number of nitrogens with one attached hydrogen (secondary N) is 1. The van der Waals surface area contributed by atoms with E-state index in [1.54, 1.807) is 0 Å². The molecule has 1 aromatic carbocycles. The van der Waals surface area contributed by atoms with Crippen molar-refractivity contribution in [2.24, 2.45) is 10.1 Å². The summed E-state index contributed by atoms with van der Waals surface area (Å²) in [5.74, 6) is 0.705. The van der Waals surface area contributed by atoms with Gasteiger partial charge in [-0.15, -0.1) is 0 Å². The van der Waals surface area contributed by atoms with E-state index in [0.717, 1.165) is 50.2 Å². The van der Waals surface area contributed by atoms with Crippen LogP contribution in [0.3, 0.4) is 0 Å². The second-order valence-electron chi connectivity index (χ2n) is 7.45. The quantitative estimate of drug-likeness (QED) is 0.880. The third-order valence-corrected chi connectivity index (χ3v) is 5.38. The van der Waals surface area contributed by atoms with Crippen molar-refractivity contribution in [2.45, 2.75) is 30.9 Å². The first-order valence-corrected chi connectivity index (χ1v) is 9.15. The zero-order chi connectivity index (χ0) is 18.1. The molecule has 1 atom stereocenters. The summed E-state index contributed by atoms with van der Waals surface area (Å²) < 4.78 is 0. The Hall–Kier alpha value is -2.41. The molecule has 1 spiro atoms. The maximum Gasteiger partial charge on any atom is 0.254 e. The fourth-order valence-electron chi connectivity index (χ4n) is 3.77. The van der Waals surface area contributed by atoms with Gasteiger partial charge in [-0.1, -0.05) is 35.5 Å². The van der Waals surface area contributed by atoms with Crippen LogP contribution in [0.2, 0.25) is 0 Å². The fourth-order valence-corrected chi connectivity index (χ4v) is 3.77. The lowest BCUT2D eigenvalue weighted by Crippen LogP contribution is -2.50. The molecule has 1 aromatic rings. The van der Waals surface area contributed by atoms with Gasteiger partial charge in [-0.2, -0.15) is 0 Å². The van der Waals surface area contributed by atoms with Gasteiger partial charge in [0.2, 0.25) is 5.96 Å². The molecule has 1 fully saturated rings. The summed E-state index contributed by atoms with van der Waals surface area (Å²) in [5, 5.41) is 7.16. The third kappa shape index (κ3) is 3.19. The van der Waals surface area contributed by atoms with Gasteiger partial charge in [0.25, 0.3) is 5.91 Å². The van der Waals surface area contributed by atoms with E-state index in [1.807, 2.05) is 37.2 Å². The number of carbonyl (C=O) groups excluding carboxylic acids is 1. The molecule has 7 nitrogen and oxygen atoms in total. The zero-order valence-corrected chi connectivity index (χ0v) is 15.3. The predicted octanol–water partition coefficient (Wildman–Crippen LogP) is 1.06. The number of rotatable bonds is 3. The molecule has 0 aliphatic carbocycles. The van der Waals surface area contributed by atoms with Crippen LogP contribution in [0.25, 0.3) is 0 Å². The van der Waals surface area contributed by atoms with E-state index >= 15 is 0 Å². The van der Waals surface area contributed by atoms with E-state index in [2.05, 4.69) is 32.5 Å². The first kappa shape index (κ1) is 17.0. The lowest BCUT2D eigenvalue weighted by Gasteiger charge is -2.36. The average molecular weight is 355 g/mol. The number of nitrogens with zero attached hydrogens (tertiary/aromatic N) is 4. The number of guanidine groups is 1. The standard InChI is InChI=1S/C19H25N5O2/c1-23(2)18-20-17(25)19(21-18)8-10-24(11-9-19)13-15-12-16(22-26-15)14-6-4-3-5-7-14/h3-7,15H,8-13H2,1-2H3,(H,20,21,25)/t15-/m1/s1. The molecular formula is C19H25N5O2. The largest absolute Gasteiger partial charge is 0.390 e. The van der Waals surface area contributed by atoms with E-state index in [4.69, 9.17) is 4.84 Å². The van der Waals surface area contributed by atoms with E-state index in [9.17, 15) is 4.79 Å². The van der Waals surface area contributed by atoms with Gasteiger partial charge < -0.3 is 9.74 Å². The summed E-state index contributed by atoms with van der Waals surface area (Å²) in [4.78, 5) is 26.9. The van der Waals surface area contributed by atoms with E-state index in [1.165, 1.54) is 0 Å². The highest BCUT2D eigenvalue weighted by atomic mass is 16.6. The summed E-state index contributed by atoms with van der Waals surface area (Å²) >= 11 is 0. The van der Waals surface area contributed by atoms with Crippen LogP contribution in [0.5, 0.6) is 0 Å². The van der Waals surface area contributed by atoms with Gasteiger partial charge in [0, 0.05) is 40.2 Å². The Morgan fingerprint density at radius 1 is 1.27 bits per heavy atom. The lowest BCUT2D eigenvalue weighted by molar-refractivity contribution is -0.125. The van der Waals surface area contributed by atoms with E-state index < -0.39 is 5.54 Å². The molecule has 4 rings (SSSR count). The van der Waals surface area contributed by atoms with Crippen LogP contribution >= 0.6 is 0 Å². The van der Waals surface area contributed by atoms with Crippen molar-refractivity contribution in [1.82, 2.24) is 15.1 Å². The van der Waals surface area contributed by atoms with Crippen LogP contribution in [0.15, 0.2) is 40.5 Å². The van der Waals surface area contributed by atoms with Crippen molar-refractivity contribution in [1.29, 1.82) is 0 Å². The van der Waals surface area contributed by atoms with Gasteiger partial charge in [0.05, 0.1) is 5.71 Å². The molecule has 0 bridgehead atoms. The van der Waals surface area contributed by atoms with Crippen molar-refractivity contribution in [3.05, 3.63) is 35.9 Å². The molecule has 26 heavy (non-hydrogen) atoms. The number of aliphatic imine (C=N–C) groups is 1. The Balaban J connectivity index is 1.31. The minimum Gasteiger partial charge on any atom is -0.390 e. The van der Waals surface area contributed by atoms with E-state index in [0.29, 0.717) is 5.96 Å². The van der Waals surface area contributed by atoms with Crippen LogP contribution in [0, 0.1) is 0 Å². The van der Waals surface area contributed by atoms with Crippen molar-refractivity contribution in [2.75, 3.05) is 33.7 Å². The Bertz CT molecular complexity index is 736. The van der Waals surface area contributed by atoms with Gasteiger partial charge in [-0.05, 0) is 18.4 Å². The number of hydrogen-bond acceptors (Lipinski definition) is 6. The number of oxime groups is 1. The highest BCUT2D eigenvalue weighted by Gasteiger charge is 2.46. The van der Waals surface area contributed by atoms with Crippen LogP contribution < -0.4 is 5.32 Å². The Kier molecular flexibility index (Phi) is 4.40. The molecule has 138 valence electrons. The van der Waals surface area contributed by atoms with Gasteiger partial charge in [-0.3, -0.25) is 15.0 Å². The monoisotopic (exact) mass is 355 g/mol. The molecule has 0 unspecified atom stereocenters. The number of benzene rings is 1. The normalized spacial score (nSPS) is 24.8. The minimum absolute atomic E-state index is 0.0349. The van der Waals surface area contributed by atoms with E-state index in [-0.39, 0.29) is 12.0 Å². The first-order chi connectivity index (χ1) is 12.6. The van der Waals surface area contributed by atoms with Crippen molar-refractivity contribution in [3.8, 4) is 0 Å². The third-order valence-electron chi connectivity index (χ3n) is 5.38. The highest BCUT2D eigenvalue weighted by Crippen LogP contribution is 2.30. The topological polar surface area (TPSA) is 69.5 Å². The number of piperidine rings is 1. The second kappa shape index (κ2) is 6.72. The van der Waals surface area contributed by atoms with Crippen LogP contribution in [-0.4, -0.2) is 72.8 Å². The predicted molar refractivity (Wildman–Crippen MR) is 100 cm³/mol. The van der Waals surface area contributed by atoms with Gasteiger partial charge in [0.15, 0.2) is 0 Å². The van der Waals surface area contributed by atoms with Gasteiger partial charge >= 0.3 is 0 Å². The van der Waals surface area contributed by atoms with Crippen LogP contribution in [0.4, 0.5) is 0 Å². The van der Waals surface area contributed by atoms with Crippen molar-refractivity contribution >= 4 is 17.6 Å². The molecular weight excluding hydrogens is 330 g/mol. The molecule has 7 heteroatoms. The number of hydrogen-bond donors (Lipinski definition) is 1. The Morgan fingerprint density at radius 3 is 2.65 bits per heavy atom. The van der Waals surface area contributed by atoms with Crippen molar-refractivity contribution < 1.29 is 9.63 Å². The van der Waals surface area contributed by atoms with Crippen molar-refractivity contribution in [3.63, 3.8) is 0 Å². The molecule has 3 heterocycles. The number of amides is 1. The first-order valence-electron chi connectivity index (χ1n) is 9.15. The minimum atomic E-state index is -0.585. The molecule has 0 aromatic heterocycles. The summed E-state index contributed by atoms with van der Waals surface area (Å²) in [6.45, 7) is 2.53. The zero-order valence-electron chi connectivity index (χ0n) is 15.3.